The lowest BCUT2D eigenvalue weighted by atomic mass is 9.82. The van der Waals surface area contributed by atoms with Gasteiger partial charge in [-0.2, -0.15) is 5.26 Å². The molecule has 1 atom stereocenters. The van der Waals surface area contributed by atoms with E-state index in [0.717, 1.165) is 11.8 Å². The van der Waals surface area contributed by atoms with Crippen molar-refractivity contribution in [1.29, 1.82) is 5.26 Å². The number of allylic oxidation sites excluding steroid dienone is 2. The first-order valence-electron chi connectivity index (χ1n) is 11.8. The predicted octanol–water partition coefficient (Wildman–Crippen LogP) is 5.68. The van der Waals surface area contributed by atoms with E-state index in [1.807, 2.05) is 0 Å². The van der Waals surface area contributed by atoms with Crippen LogP contribution in [0, 0.1) is 23.0 Å². The van der Waals surface area contributed by atoms with E-state index >= 15 is 4.39 Å². The zero-order valence-corrected chi connectivity index (χ0v) is 21.9. The Morgan fingerprint density at radius 3 is 2.41 bits per heavy atom. The van der Waals surface area contributed by atoms with Gasteiger partial charge in [-0.3, -0.25) is 9.59 Å². The minimum Gasteiger partial charge on any atom is -0.495 e. The number of halogens is 2. The predicted molar refractivity (Wildman–Crippen MR) is 147 cm³/mol. The lowest BCUT2D eigenvalue weighted by molar-refractivity contribution is -0.114. The second kappa shape index (κ2) is 12.3. The number of carbonyl (C=O) groups is 2. The molecule has 0 spiro atoms. The molecule has 7 nitrogen and oxygen atoms in total. The summed E-state index contributed by atoms with van der Waals surface area (Å²) < 4.78 is 33.6. The highest BCUT2D eigenvalue weighted by Crippen LogP contribution is 2.42. The molecule has 1 aliphatic rings. The van der Waals surface area contributed by atoms with E-state index in [4.69, 9.17) is 4.74 Å². The van der Waals surface area contributed by atoms with Gasteiger partial charge in [0.15, 0.2) is 0 Å². The van der Waals surface area contributed by atoms with Crippen LogP contribution >= 0.6 is 11.8 Å². The van der Waals surface area contributed by atoms with Gasteiger partial charge in [-0.25, -0.2) is 8.78 Å². The number of carbonyl (C=O) groups excluding carboxylic acids is 2. The van der Waals surface area contributed by atoms with E-state index < -0.39 is 23.5 Å². The number of methoxy groups -OCH3 is 1. The Morgan fingerprint density at radius 2 is 1.72 bits per heavy atom. The SMILES string of the molecule is COc1ccccc1NC(=O)C1=C(C)NC(SCC(=O)Nc2ccc(F)cc2)=C(C#N)[C@H]1c1ccccc1F. The van der Waals surface area contributed by atoms with Crippen molar-refractivity contribution in [2.24, 2.45) is 0 Å². The number of anilines is 2. The molecule has 0 unspecified atom stereocenters. The summed E-state index contributed by atoms with van der Waals surface area (Å²) in [6, 6.07) is 20.2. The Hall–Kier alpha value is -4.62. The highest BCUT2D eigenvalue weighted by Gasteiger charge is 2.36. The van der Waals surface area contributed by atoms with Gasteiger partial charge in [-0.1, -0.05) is 42.1 Å². The number of para-hydroxylation sites is 2. The lowest BCUT2D eigenvalue weighted by Crippen LogP contribution is -2.31. The number of benzene rings is 3. The molecule has 0 saturated carbocycles. The standard InChI is InChI=1S/C29H24F2N4O3S/c1-17-26(28(37)35-23-9-5-6-10-24(23)38-2)27(20-7-3-4-8-22(20)31)21(15-32)29(33-17)39-16-25(36)34-19-13-11-18(30)12-14-19/h3-14,27,33H,16H2,1-2H3,(H,34,36)(H,35,37)/t27-/m1/s1. The van der Waals surface area contributed by atoms with Crippen LogP contribution in [0.5, 0.6) is 5.75 Å². The van der Waals surface area contributed by atoms with Crippen LogP contribution in [0.25, 0.3) is 0 Å². The van der Waals surface area contributed by atoms with Crippen molar-refractivity contribution in [3.05, 3.63) is 112 Å². The molecule has 198 valence electrons. The Balaban J connectivity index is 1.65. The minimum absolute atomic E-state index is 0.0924. The zero-order chi connectivity index (χ0) is 27.9. The Labute approximate surface area is 228 Å². The molecule has 0 saturated heterocycles. The number of nitrogens with one attached hydrogen (secondary N) is 3. The van der Waals surface area contributed by atoms with Gasteiger partial charge in [0.2, 0.25) is 5.91 Å². The van der Waals surface area contributed by atoms with Crippen molar-refractivity contribution in [3.8, 4) is 11.8 Å². The smallest absolute Gasteiger partial charge is 0.254 e. The van der Waals surface area contributed by atoms with Gasteiger partial charge in [0.25, 0.3) is 5.91 Å². The number of hydrogen-bond acceptors (Lipinski definition) is 6. The first-order chi connectivity index (χ1) is 18.8. The number of hydrogen-bond donors (Lipinski definition) is 3. The molecule has 2 amide bonds. The van der Waals surface area contributed by atoms with E-state index in [-0.39, 0.29) is 28.4 Å². The van der Waals surface area contributed by atoms with Crippen LogP contribution in [-0.4, -0.2) is 24.7 Å². The maximum atomic E-state index is 15.1. The summed E-state index contributed by atoms with van der Waals surface area (Å²) in [5.74, 6) is -2.61. The summed E-state index contributed by atoms with van der Waals surface area (Å²) in [5, 5.41) is 19.0. The second-order valence-corrected chi connectivity index (χ2v) is 9.46. The first kappa shape index (κ1) is 27.4. The van der Waals surface area contributed by atoms with Crippen molar-refractivity contribution in [2.75, 3.05) is 23.5 Å². The highest BCUT2D eigenvalue weighted by atomic mass is 32.2. The average molecular weight is 547 g/mol. The summed E-state index contributed by atoms with van der Waals surface area (Å²) in [4.78, 5) is 26.1. The number of ether oxygens (including phenoxy) is 1. The molecule has 0 aromatic heterocycles. The van der Waals surface area contributed by atoms with Crippen LogP contribution < -0.4 is 20.7 Å². The van der Waals surface area contributed by atoms with E-state index in [0.29, 0.717) is 27.9 Å². The van der Waals surface area contributed by atoms with Gasteiger partial charge < -0.3 is 20.7 Å². The average Bonchev–Trinajstić information content (AvgIpc) is 2.93. The fourth-order valence-electron chi connectivity index (χ4n) is 4.15. The summed E-state index contributed by atoms with van der Waals surface area (Å²) in [6.45, 7) is 1.65. The van der Waals surface area contributed by atoms with Crippen molar-refractivity contribution in [1.82, 2.24) is 5.32 Å². The first-order valence-corrected chi connectivity index (χ1v) is 12.8. The van der Waals surface area contributed by atoms with Crippen molar-refractivity contribution >= 4 is 35.0 Å². The highest BCUT2D eigenvalue weighted by molar-refractivity contribution is 8.03. The van der Waals surface area contributed by atoms with Crippen LogP contribution in [0.3, 0.4) is 0 Å². The fourth-order valence-corrected chi connectivity index (χ4v) is 5.05. The van der Waals surface area contributed by atoms with Crippen LogP contribution in [-0.2, 0) is 9.59 Å². The summed E-state index contributed by atoms with van der Waals surface area (Å²) in [5.41, 5.74) is 1.63. The Kier molecular flexibility index (Phi) is 8.63. The lowest BCUT2D eigenvalue weighted by Gasteiger charge is -2.30. The fraction of sp³-hybridized carbons (Fsp3) is 0.138. The second-order valence-electron chi connectivity index (χ2n) is 8.47. The van der Waals surface area contributed by atoms with Crippen molar-refractivity contribution < 1.29 is 23.1 Å². The molecule has 4 rings (SSSR count). The maximum Gasteiger partial charge on any atom is 0.254 e. The third kappa shape index (κ3) is 6.27. The third-order valence-electron chi connectivity index (χ3n) is 5.94. The Bertz CT molecular complexity index is 1510. The van der Waals surface area contributed by atoms with Gasteiger partial charge in [-0.15, -0.1) is 0 Å². The normalized spacial score (nSPS) is 14.8. The van der Waals surface area contributed by atoms with E-state index in [1.165, 1.54) is 49.6 Å². The molecule has 3 aromatic carbocycles. The molecule has 3 aromatic rings. The van der Waals surface area contributed by atoms with Gasteiger partial charge >= 0.3 is 0 Å². The molecule has 0 aliphatic carbocycles. The van der Waals surface area contributed by atoms with Crippen LogP contribution in [0.1, 0.15) is 18.4 Å². The van der Waals surface area contributed by atoms with Crippen molar-refractivity contribution in [3.63, 3.8) is 0 Å². The molecule has 3 N–H and O–H groups in total. The van der Waals surface area contributed by atoms with Crippen molar-refractivity contribution in [2.45, 2.75) is 12.8 Å². The van der Waals surface area contributed by atoms with E-state index in [2.05, 4.69) is 22.0 Å². The molecule has 39 heavy (non-hydrogen) atoms. The van der Waals surface area contributed by atoms with Crippen LogP contribution in [0.15, 0.2) is 94.7 Å². The molecule has 10 heteroatoms. The monoisotopic (exact) mass is 546 g/mol. The molecule has 1 aliphatic heterocycles. The van der Waals surface area contributed by atoms with E-state index in [1.54, 1.807) is 37.3 Å². The summed E-state index contributed by atoms with van der Waals surface area (Å²) >= 11 is 1.04. The van der Waals surface area contributed by atoms with Crippen LogP contribution in [0.2, 0.25) is 0 Å². The minimum atomic E-state index is -1.03. The van der Waals surface area contributed by atoms with Crippen LogP contribution in [0.4, 0.5) is 20.2 Å². The maximum absolute atomic E-state index is 15.1. The number of amides is 2. The van der Waals surface area contributed by atoms with Gasteiger partial charge in [0, 0.05) is 22.5 Å². The quantitative estimate of drug-likeness (QED) is 0.336. The van der Waals surface area contributed by atoms with Gasteiger partial charge in [0.05, 0.1) is 41.1 Å². The Morgan fingerprint density at radius 1 is 1.03 bits per heavy atom. The number of nitrogens with zero attached hydrogens (tertiary/aromatic N) is 1. The molecular weight excluding hydrogens is 522 g/mol. The summed E-state index contributed by atoms with van der Waals surface area (Å²) in [7, 11) is 1.48. The summed E-state index contributed by atoms with van der Waals surface area (Å²) in [6.07, 6.45) is 0. The largest absolute Gasteiger partial charge is 0.495 e. The molecule has 0 bridgehead atoms. The number of nitriles is 1. The number of rotatable bonds is 8. The van der Waals surface area contributed by atoms with E-state index in [9.17, 15) is 19.2 Å². The number of dihydropyridines is 1. The van der Waals surface area contributed by atoms with Gasteiger partial charge in [0.1, 0.15) is 17.4 Å². The molecule has 1 heterocycles. The topological polar surface area (TPSA) is 103 Å². The third-order valence-corrected chi connectivity index (χ3v) is 6.96. The molecule has 0 fully saturated rings. The number of thioether (sulfide) groups is 1. The molecular formula is C29H24F2N4O3S. The van der Waals surface area contributed by atoms with Gasteiger partial charge in [-0.05, 0) is 49.4 Å². The zero-order valence-electron chi connectivity index (χ0n) is 21.0. The molecule has 0 radical (unpaired) electrons.